The molecule has 2 aromatic rings. The van der Waals surface area contributed by atoms with Gasteiger partial charge in [-0.1, -0.05) is 0 Å². The third-order valence-electron chi connectivity index (χ3n) is 2.48. The summed E-state index contributed by atoms with van der Waals surface area (Å²) in [6.07, 6.45) is 0.768. The van der Waals surface area contributed by atoms with Crippen molar-refractivity contribution >= 4 is 23.3 Å². The van der Waals surface area contributed by atoms with Crippen LogP contribution < -0.4 is 5.73 Å². The Morgan fingerprint density at radius 2 is 2.24 bits per heavy atom. The summed E-state index contributed by atoms with van der Waals surface area (Å²) in [6.45, 7) is 3.77. The lowest BCUT2D eigenvalue weighted by Gasteiger charge is -2.19. The predicted molar refractivity (Wildman–Crippen MR) is 65.8 cm³/mol. The van der Waals surface area contributed by atoms with Crippen molar-refractivity contribution in [3.8, 4) is 0 Å². The molecule has 90 valence electrons. The molecule has 1 aromatic heterocycles. The lowest BCUT2D eigenvalue weighted by Crippen LogP contribution is -2.26. The van der Waals surface area contributed by atoms with E-state index in [0.717, 1.165) is 11.8 Å². The largest absolute Gasteiger partial charge is 0.389 e. The van der Waals surface area contributed by atoms with Crippen molar-refractivity contribution in [3.63, 3.8) is 0 Å². The molecule has 5 nitrogen and oxygen atoms in total. The van der Waals surface area contributed by atoms with E-state index in [4.69, 9.17) is 5.73 Å². The highest BCUT2D eigenvalue weighted by atomic mass is 16.3. The number of anilines is 1. The van der Waals surface area contributed by atoms with Gasteiger partial charge in [0, 0.05) is 5.56 Å². The number of aliphatic hydroxyl groups is 1. The van der Waals surface area contributed by atoms with Gasteiger partial charge in [-0.05, 0) is 32.0 Å². The molecule has 0 atom stereocenters. The molecule has 0 unspecified atom stereocenters. The predicted octanol–water partition coefficient (Wildman–Crippen LogP) is 1.20. The molecule has 0 fully saturated rings. The van der Waals surface area contributed by atoms with Crippen LogP contribution in [-0.4, -0.2) is 26.5 Å². The summed E-state index contributed by atoms with van der Waals surface area (Å²) < 4.78 is 1.74. The zero-order valence-electron chi connectivity index (χ0n) is 9.84. The van der Waals surface area contributed by atoms with Crippen molar-refractivity contribution in [2.45, 2.75) is 26.0 Å². The van der Waals surface area contributed by atoms with Crippen LogP contribution in [0.1, 0.15) is 24.2 Å². The molecular weight excluding hydrogens is 218 g/mol. The van der Waals surface area contributed by atoms with Gasteiger partial charge in [-0.25, -0.2) is 4.98 Å². The number of benzene rings is 1. The lowest BCUT2D eigenvalue weighted by atomic mass is 10.1. The summed E-state index contributed by atoms with van der Waals surface area (Å²) in [6, 6.07) is 5.17. The second-order valence-corrected chi connectivity index (χ2v) is 4.73. The Labute approximate surface area is 98.9 Å². The summed E-state index contributed by atoms with van der Waals surface area (Å²) in [4.78, 5) is 14.8. The van der Waals surface area contributed by atoms with Crippen molar-refractivity contribution in [2.75, 3.05) is 5.73 Å². The van der Waals surface area contributed by atoms with E-state index in [1.54, 1.807) is 36.6 Å². The number of imidazole rings is 1. The van der Waals surface area contributed by atoms with Crippen molar-refractivity contribution in [1.29, 1.82) is 0 Å². The van der Waals surface area contributed by atoms with E-state index in [-0.39, 0.29) is 0 Å². The molecule has 0 saturated heterocycles. The first-order valence-corrected chi connectivity index (χ1v) is 5.34. The Bertz CT molecular complexity index is 567. The number of carbonyl (C=O) groups is 1. The van der Waals surface area contributed by atoms with E-state index in [0.29, 0.717) is 23.6 Å². The van der Waals surface area contributed by atoms with Crippen LogP contribution in [0.2, 0.25) is 0 Å². The Kier molecular flexibility index (Phi) is 2.63. The Morgan fingerprint density at radius 3 is 2.82 bits per heavy atom. The quantitative estimate of drug-likeness (QED) is 0.780. The number of nitrogen functional groups attached to an aromatic ring is 1. The fraction of sp³-hybridized carbons (Fsp3) is 0.333. The standard InChI is InChI=1S/C12H15N3O2/c1-12(2,17)7-15-10-4-3-8(6-16)5-9(10)14-11(15)13/h3-6,17H,7H2,1-2H3,(H2,13,14). The molecule has 0 amide bonds. The van der Waals surface area contributed by atoms with Crippen molar-refractivity contribution in [3.05, 3.63) is 23.8 Å². The highest BCUT2D eigenvalue weighted by molar-refractivity contribution is 5.86. The average molecular weight is 233 g/mol. The average Bonchev–Trinajstić information content (AvgIpc) is 2.52. The van der Waals surface area contributed by atoms with Crippen molar-refractivity contribution in [1.82, 2.24) is 9.55 Å². The van der Waals surface area contributed by atoms with Crippen molar-refractivity contribution in [2.24, 2.45) is 0 Å². The zero-order valence-corrected chi connectivity index (χ0v) is 9.84. The number of nitrogens with zero attached hydrogens (tertiary/aromatic N) is 2. The van der Waals surface area contributed by atoms with Gasteiger partial charge in [0.15, 0.2) is 0 Å². The van der Waals surface area contributed by atoms with Gasteiger partial charge in [-0.15, -0.1) is 0 Å². The van der Waals surface area contributed by atoms with Gasteiger partial charge >= 0.3 is 0 Å². The summed E-state index contributed by atoms with van der Waals surface area (Å²) in [5.74, 6) is 0.338. The first-order chi connectivity index (χ1) is 7.90. The summed E-state index contributed by atoms with van der Waals surface area (Å²) in [7, 11) is 0. The van der Waals surface area contributed by atoms with Gasteiger partial charge in [0.1, 0.15) is 6.29 Å². The van der Waals surface area contributed by atoms with Gasteiger partial charge < -0.3 is 15.4 Å². The molecule has 1 aromatic carbocycles. The van der Waals surface area contributed by atoms with Gasteiger partial charge in [0.05, 0.1) is 23.2 Å². The fourth-order valence-corrected chi connectivity index (χ4v) is 1.79. The van der Waals surface area contributed by atoms with Gasteiger partial charge in [-0.2, -0.15) is 0 Å². The molecule has 5 heteroatoms. The maximum atomic E-state index is 10.7. The van der Waals surface area contributed by atoms with E-state index in [2.05, 4.69) is 4.98 Å². The second kappa shape index (κ2) is 3.85. The summed E-state index contributed by atoms with van der Waals surface area (Å²) >= 11 is 0. The fourth-order valence-electron chi connectivity index (χ4n) is 1.79. The first-order valence-electron chi connectivity index (χ1n) is 5.34. The Balaban J connectivity index is 2.56. The van der Waals surface area contributed by atoms with Crippen LogP contribution in [0.25, 0.3) is 11.0 Å². The van der Waals surface area contributed by atoms with Crippen LogP contribution in [-0.2, 0) is 6.54 Å². The third kappa shape index (κ3) is 2.29. The smallest absolute Gasteiger partial charge is 0.201 e. The number of carbonyl (C=O) groups excluding carboxylic acids is 1. The SMILES string of the molecule is CC(C)(O)Cn1c(N)nc2cc(C=O)ccc21. The number of fused-ring (bicyclic) bond motifs is 1. The number of aldehydes is 1. The Hall–Kier alpha value is -1.88. The van der Waals surface area contributed by atoms with E-state index in [1.165, 1.54) is 0 Å². The molecule has 17 heavy (non-hydrogen) atoms. The topological polar surface area (TPSA) is 81.1 Å². The maximum absolute atomic E-state index is 10.7. The van der Waals surface area contributed by atoms with E-state index >= 15 is 0 Å². The highest BCUT2D eigenvalue weighted by Crippen LogP contribution is 2.21. The number of rotatable bonds is 3. The molecule has 0 spiro atoms. The van der Waals surface area contributed by atoms with Crippen LogP contribution in [0.5, 0.6) is 0 Å². The molecule has 1 heterocycles. The molecule has 0 radical (unpaired) electrons. The van der Waals surface area contributed by atoms with E-state index in [9.17, 15) is 9.90 Å². The number of hydrogen-bond acceptors (Lipinski definition) is 4. The number of aromatic nitrogens is 2. The lowest BCUT2D eigenvalue weighted by molar-refractivity contribution is 0.0632. The summed E-state index contributed by atoms with van der Waals surface area (Å²) in [5.41, 5.74) is 6.97. The molecule has 0 aliphatic rings. The van der Waals surface area contributed by atoms with E-state index < -0.39 is 5.60 Å². The molecule has 3 N–H and O–H groups in total. The van der Waals surface area contributed by atoms with Gasteiger partial charge in [0.25, 0.3) is 0 Å². The molecule has 2 rings (SSSR count). The van der Waals surface area contributed by atoms with Crippen LogP contribution in [0, 0.1) is 0 Å². The zero-order chi connectivity index (χ0) is 12.6. The minimum atomic E-state index is -0.870. The second-order valence-electron chi connectivity index (χ2n) is 4.73. The monoisotopic (exact) mass is 233 g/mol. The van der Waals surface area contributed by atoms with Crippen LogP contribution in [0.3, 0.4) is 0 Å². The van der Waals surface area contributed by atoms with Crippen LogP contribution >= 0.6 is 0 Å². The van der Waals surface area contributed by atoms with Gasteiger partial charge in [0.2, 0.25) is 5.95 Å². The number of nitrogens with two attached hydrogens (primary N) is 1. The molecular formula is C12H15N3O2. The first kappa shape index (κ1) is 11.6. The maximum Gasteiger partial charge on any atom is 0.201 e. The third-order valence-corrected chi connectivity index (χ3v) is 2.48. The van der Waals surface area contributed by atoms with Crippen molar-refractivity contribution < 1.29 is 9.90 Å². The highest BCUT2D eigenvalue weighted by Gasteiger charge is 2.17. The summed E-state index contributed by atoms with van der Waals surface area (Å²) in [5, 5.41) is 9.81. The normalized spacial score (nSPS) is 11.9. The Morgan fingerprint density at radius 1 is 1.53 bits per heavy atom. The van der Waals surface area contributed by atoms with E-state index in [1.807, 2.05) is 0 Å². The van der Waals surface area contributed by atoms with Crippen LogP contribution in [0.4, 0.5) is 5.95 Å². The molecule has 0 aliphatic carbocycles. The molecule has 0 saturated carbocycles. The number of hydrogen-bond donors (Lipinski definition) is 2. The minimum absolute atomic E-state index is 0.338. The van der Waals surface area contributed by atoms with Crippen LogP contribution in [0.15, 0.2) is 18.2 Å². The molecule has 0 bridgehead atoms. The molecule has 0 aliphatic heterocycles. The minimum Gasteiger partial charge on any atom is -0.389 e. The van der Waals surface area contributed by atoms with Gasteiger partial charge in [-0.3, -0.25) is 4.79 Å².